The number of hydrogen-bond acceptors (Lipinski definition) is 4. The molecule has 2 N–H and O–H groups in total. The standard InChI is InChI=1S/C29H29F3N4O2/c1-36(2)16-6-10-20-17-21(33-15-5-9-19-7-3-8-19)13-14-24(20)35-28(38)22-18-34-25-12-4-11-23(29(30,31)32)26(25)27(22)37/h4,11-15,17-19H,3,5,7-9,16H2,1-2H3,(H,34,37)(H,35,38)/b33-15+. The van der Waals surface area contributed by atoms with Crippen molar-refractivity contribution < 1.29 is 18.0 Å². The molecule has 3 aromatic rings. The number of H-pyrrole nitrogens is 1. The minimum Gasteiger partial charge on any atom is -0.360 e. The molecule has 1 fully saturated rings. The number of pyridine rings is 1. The Bertz CT molecular complexity index is 1480. The Hall–Kier alpha value is -3.90. The van der Waals surface area contributed by atoms with E-state index in [1.165, 1.54) is 31.4 Å². The zero-order valence-electron chi connectivity index (χ0n) is 21.3. The molecule has 0 aliphatic heterocycles. The van der Waals surface area contributed by atoms with Gasteiger partial charge in [0.15, 0.2) is 0 Å². The molecule has 1 aliphatic carbocycles. The summed E-state index contributed by atoms with van der Waals surface area (Å²) in [5, 5.41) is 2.07. The number of nitrogens with zero attached hydrogens (tertiary/aromatic N) is 2. The molecule has 1 heterocycles. The zero-order chi connectivity index (χ0) is 27.3. The second-order valence-corrected chi connectivity index (χ2v) is 9.67. The largest absolute Gasteiger partial charge is 0.417 e. The minimum absolute atomic E-state index is 0.00358. The van der Waals surface area contributed by atoms with Gasteiger partial charge in [0.05, 0.1) is 34.4 Å². The summed E-state index contributed by atoms with van der Waals surface area (Å²) in [5.41, 5.74) is -1.04. The number of rotatable bonds is 7. The Morgan fingerprint density at radius 1 is 1.24 bits per heavy atom. The number of alkyl halides is 3. The van der Waals surface area contributed by atoms with Crippen molar-refractivity contribution >= 4 is 34.4 Å². The molecule has 1 saturated carbocycles. The van der Waals surface area contributed by atoms with Crippen LogP contribution in [0.3, 0.4) is 0 Å². The van der Waals surface area contributed by atoms with Gasteiger partial charge in [-0.15, -0.1) is 0 Å². The van der Waals surface area contributed by atoms with Crippen molar-refractivity contribution in [2.45, 2.75) is 38.3 Å². The average Bonchev–Trinajstić information content (AvgIpc) is 2.83. The van der Waals surface area contributed by atoms with Crippen molar-refractivity contribution in [2.75, 3.05) is 26.0 Å². The van der Waals surface area contributed by atoms with Gasteiger partial charge in [0, 0.05) is 17.9 Å². The number of aromatic amines is 1. The Labute approximate surface area is 219 Å². The monoisotopic (exact) mass is 522 g/mol. The first kappa shape index (κ1) is 27.1. The summed E-state index contributed by atoms with van der Waals surface area (Å²) in [6.07, 6.45) is 4.13. The summed E-state index contributed by atoms with van der Waals surface area (Å²) in [6, 6.07) is 8.48. The van der Waals surface area contributed by atoms with Crippen LogP contribution in [-0.4, -0.2) is 42.6 Å². The number of amides is 1. The van der Waals surface area contributed by atoms with E-state index < -0.39 is 34.0 Å². The Kier molecular flexibility index (Phi) is 8.32. The van der Waals surface area contributed by atoms with Gasteiger partial charge in [-0.1, -0.05) is 37.2 Å². The molecule has 1 amide bonds. The van der Waals surface area contributed by atoms with Gasteiger partial charge in [-0.05, 0) is 63.2 Å². The summed E-state index contributed by atoms with van der Waals surface area (Å²) < 4.78 is 40.6. The van der Waals surface area contributed by atoms with Crippen molar-refractivity contribution in [3.8, 4) is 11.8 Å². The number of halogens is 3. The fraction of sp³-hybridized carbons (Fsp3) is 0.345. The van der Waals surface area contributed by atoms with Gasteiger partial charge in [0.1, 0.15) is 5.56 Å². The molecule has 38 heavy (non-hydrogen) atoms. The van der Waals surface area contributed by atoms with Gasteiger partial charge in [-0.3, -0.25) is 19.5 Å². The van der Waals surface area contributed by atoms with Gasteiger partial charge in [0.2, 0.25) is 5.43 Å². The lowest BCUT2D eigenvalue weighted by atomic mass is 9.82. The molecular formula is C29H29F3N4O2. The molecule has 1 aromatic heterocycles. The Morgan fingerprint density at radius 3 is 2.71 bits per heavy atom. The highest BCUT2D eigenvalue weighted by atomic mass is 19.4. The third-order valence-corrected chi connectivity index (χ3v) is 6.50. The number of anilines is 1. The predicted octanol–water partition coefficient (Wildman–Crippen LogP) is 5.99. The number of benzene rings is 2. The van der Waals surface area contributed by atoms with Crippen LogP contribution in [0, 0.1) is 17.8 Å². The number of aromatic nitrogens is 1. The van der Waals surface area contributed by atoms with E-state index in [1.54, 1.807) is 18.2 Å². The highest BCUT2D eigenvalue weighted by molar-refractivity contribution is 6.06. The van der Waals surface area contributed by atoms with Crippen LogP contribution in [0.15, 0.2) is 52.4 Å². The van der Waals surface area contributed by atoms with Crippen LogP contribution < -0.4 is 10.7 Å². The number of nitrogens with one attached hydrogen (secondary N) is 2. The van der Waals surface area contributed by atoms with E-state index in [1.807, 2.05) is 25.2 Å². The molecule has 0 radical (unpaired) electrons. The van der Waals surface area contributed by atoms with E-state index in [0.717, 1.165) is 31.0 Å². The maximum atomic E-state index is 13.5. The number of carbonyl (C=O) groups excluding carboxylic acids is 1. The molecule has 4 rings (SSSR count). The lowest BCUT2D eigenvalue weighted by Crippen LogP contribution is -2.24. The number of aliphatic imine (C=N–C) groups is 1. The van der Waals surface area contributed by atoms with E-state index in [9.17, 15) is 22.8 Å². The molecule has 0 spiro atoms. The summed E-state index contributed by atoms with van der Waals surface area (Å²) in [4.78, 5) is 35.1. The van der Waals surface area contributed by atoms with Gasteiger partial charge in [0.25, 0.3) is 5.91 Å². The molecule has 1 aliphatic rings. The first-order valence-electron chi connectivity index (χ1n) is 12.5. The van der Waals surface area contributed by atoms with Gasteiger partial charge in [-0.2, -0.15) is 13.2 Å². The second-order valence-electron chi connectivity index (χ2n) is 9.67. The van der Waals surface area contributed by atoms with Crippen LogP contribution >= 0.6 is 0 Å². The van der Waals surface area contributed by atoms with Gasteiger partial charge >= 0.3 is 6.18 Å². The Balaban J connectivity index is 1.62. The van der Waals surface area contributed by atoms with E-state index in [0.29, 0.717) is 23.5 Å². The molecule has 0 unspecified atom stereocenters. The first-order chi connectivity index (χ1) is 18.1. The average molecular weight is 523 g/mol. The molecule has 0 atom stereocenters. The highest BCUT2D eigenvalue weighted by Gasteiger charge is 2.34. The van der Waals surface area contributed by atoms with Crippen molar-refractivity contribution in [2.24, 2.45) is 10.9 Å². The van der Waals surface area contributed by atoms with Crippen LogP contribution in [0.1, 0.15) is 53.6 Å². The molecule has 0 saturated heterocycles. The predicted molar refractivity (Wildman–Crippen MR) is 144 cm³/mol. The maximum absolute atomic E-state index is 13.5. The molecule has 198 valence electrons. The molecule has 0 bridgehead atoms. The molecule has 2 aromatic carbocycles. The highest BCUT2D eigenvalue weighted by Crippen LogP contribution is 2.33. The fourth-order valence-electron chi connectivity index (χ4n) is 4.24. The SMILES string of the molecule is CN(C)CC#Cc1cc(/N=C/CCC2CCC2)ccc1NC(=O)c1c[nH]c2cccc(C(F)(F)F)c2c1=O. The first-order valence-corrected chi connectivity index (χ1v) is 12.5. The van der Waals surface area contributed by atoms with E-state index in [4.69, 9.17) is 0 Å². The van der Waals surface area contributed by atoms with E-state index >= 15 is 0 Å². The normalized spacial score (nSPS) is 13.9. The maximum Gasteiger partial charge on any atom is 0.417 e. The fourth-order valence-corrected chi connectivity index (χ4v) is 4.24. The van der Waals surface area contributed by atoms with Crippen LogP contribution in [0.5, 0.6) is 0 Å². The third kappa shape index (κ3) is 6.50. The van der Waals surface area contributed by atoms with Crippen LogP contribution in [0.25, 0.3) is 10.9 Å². The van der Waals surface area contributed by atoms with Crippen LogP contribution in [-0.2, 0) is 6.18 Å². The van der Waals surface area contributed by atoms with Crippen molar-refractivity contribution in [3.05, 3.63) is 69.5 Å². The quantitative estimate of drug-likeness (QED) is 0.295. The number of carbonyl (C=O) groups is 1. The van der Waals surface area contributed by atoms with Gasteiger partial charge in [-0.25, -0.2) is 0 Å². The van der Waals surface area contributed by atoms with E-state index in [2.05, 4.69) is 27.1 Å². The summed E-state index contributed by atoms with van der Waals surface area (Å²) >= 11 is 0. The third-order valence-electron chi connectivity index (χ3n) is 6.50. The lowest BCUT2D eigenvalue weighted by Gasteiger charge is -2.24. The van der Waals surface area contributed by atoms with Crippen molar-refractivity contribution in [3.63, 3.8) is 0 Å². The zero-order valence-corrected chi connectivity index (χ0v) is 21.3. The number of hydrogen-bond donors (Lipinski definition) is 2. The molecule has 9 heteroatoms. The second kappa shape index (κ2) is 11.7. The lowest BCUT2D eigenvalue weighted by molar-refractivity contribution is -0.136. The van der Waals surface area contributed by atoms with Crippen LogP contribution in [0.2, 0.25) is 0 Å². The van der Waals surface area contributed by atoms with E-state index in [-0.39, 0.29) is 5.52 Å². The summed E-state index contributed by atoms with van der Waals surface area (Å²) in [5.74, 6) is 6.00. The van der Waals surface area contributed by atoms with Crippen LogP contribution in [0.4, 0.5) is 24.5 Å². The summed E-state index contributed by atoms with van der Waals surface area (Å²) in [6.45, 7) is 0.479. The van der Waals surface area contributed by atoms with Crippen molar-refractivity contribution in [1.82, 2.24) is 9.88 Å². The summed E-state index contributed by atoms with van der Waals surface area (Å²) in [7, 11) is 3.75. The smallest absolute Gasteiger partial charge is 0.360 e. The Morgan fingerprint density at radius 2 is 2.03 bits per heavy atom. The molecular weight excluding hydrogens is 493 g/mol. The minimum atomic E-state index is -4.75. The van der Waals surface area contributed by atoms with Crippen molar-refractivity contribution in [1.29, 1.82) is 0 Å². The van der Waals surface area contributed by atoms with Gasteiger partial charge < -0.3 is 10.3 Å². The number of fused-ring (bicyclic) bond motifs is 1. The molecule has 6 nitrogen and oxygen atoms in total. The topological polar surface area (TPSA) is 77.6 Å².